The molecule has 20 heavy (non-hydrogen) atoms. The van der Waals surface area contributed by atoms with E-state index in [4.69, 9.17) is 11.6 Å². The average Bonchev–Trinajstić information content (AvgIpc) is 2.48. The van der Waals surface area contributed by atoms with Gasteiger partial charge in [-0.2, -0.15) is 0 Å². The van der Waals surface area contributed by atoms with E-state index in [1.54, 1.807) is 24.1 Å². The quantitative estimate of drug-likeness (QED) is 0.547. The predicted octanol–water partition coefficient (Wildman–Crippen LogP) is 4.62. The molecule has 0 radical (unpaired) electrons. The average molecular weight is 398 g/mol. The zero-order valence-electron chi connectivity index (χ0n) is 10.9. The van der Waals surface area contributed by atoms with E-state index in [2.05, 4.69) is 29.2 Å². The van der Waals surface area contributed by atoms with Crippen LogP contribution in [0.25, 0.3) is 5.57 Å². The normalized spacial score (nSPS) is 10.2. The summed E-state index contributed by atoms with van der Waals surface area (Å²) in [6.07, 6.45) is 0. The Kier molecular flexibility index (Phi) is 4.83. The van der Waals surface area contributed by atoms with Gasteiger partial charge in [0.2, 0.25) is 0 Å². The molecule has 2 nitrogen and oxygen atoms in total. The minimum absolute atomic E-state index is 0.142. The minimum Gasteiger partial charge on any atom is -0.310 e. The van der Waals surface area contributed by atoms with E-state index in [1.165, 1.54) is 0 Å². The Morgan fingerprint density at radius 3 is 2.50 bits per heavy atom. The second-order valence-corrected chi connectivity index (χ2v) is 5.90. The van der Waals surface area contributed by atoms with Crippen molar-refractivity contribution in [2.45, 2.75) is 0 Å². The van der Waals surface area contributed by atoms with Gasteiger partial charge in [0, 0.05) is 21.2 Å². The smallest absolute Gasteiger partial charge is 0.258 e. The van der Waals surface area contributed by atoms with E-state index < -0.39 is 0 Å². The van der Waals surface area contributed by atoms with Crippen LogP contribution in [-0.4, -0.2) is 13.0 Å². The van der Waals surface area contributed by atoms with Crippen LogP contribution in [-0.2, 0) is 4.79 Å². The number of benzene rings is 2. The highest BCUT2D eigenvalue weighted by Gasteiger charge is 2.18. The van der Waals surface area contributed by atoms with Gasteiger partial charge in [0.05, 0.1) is 5.69 Å². The first-order chi connectivity index (χ1) is 9.50. The number of anilines is 1. The fourth-order valence-electron chi connectivity index (χ4n) is 1.82. The Bertz CT molecular complexity index is 655. The molecule has 0 saturated heterocycles. The summed E-state index contributed by atoms with van der Waals surface area (Å²) in [7, 11) is 1.73. The van der Waals surface area contributed by atoms with Gasteiger partial charge in [-0.15, -0.1) is 0 Å². The largest absolute Gasteiger partial charge is 0.310 e. The van der Waals surface area contributed by atoms with Gasteiger partial charge in [0.25, 0.3) is 5.91 Å². The molecule has 0 bridgehead atoms. The Morgan fingerprint density at radius 2 is 1.85 bits per heavy atom. The summed E-state index contributed by atoms with van der Waals surface area (Å²) in [5, 5.41) is 0.602. The van der Waals surface area contributed by atoms with Crippen LogP contribution in [0.15, 0.2) is 55.1 Å². The third-order valence-corrected chi connectivity index (χ3v) is 4.10. The molecule has 0 saturated carbocycles. The first-order valence-electron chi connectivity index (χ1n) is 5.98. The van der Waals surface area contributed by atoms with Crippen molar-refractivity contribution < 1.29 is 4.79 Å². The van der Waals surface area contributed by atoms with Crippen LogP contribution in [0.4, 0.5) is 5.69 Å². The molecule has 0 aliphatic rings. The Balaban J connectivity index is 2.29. The first kappa shape index (κ1) is 15.1. The van der Waals surface area contributed by atoms with Crippen molar-refractivity contribution in [3.05, 3.63) is 69.3 Å². The lowest BCUT2D eigenvalue weighted by molar-refractivity contribution is -0.113. The Labute approximate surface area is 137 Å². The number of carbonyl (C=O) groups is 1. The lowest BCUT2D eigenvalue weighted by atomic mass is 10.1. The lowest BCUT2D eigenvalue weighted by Crippen LogP contribution is -2.27. The molecule has 2 aromatic rings. The minimum atomic E-state index is -0.142. The maximum absolute atomic E-state index is 12.5. The number of amides is 1. The van der Waals surface area contributed by atoms with Gasteiger partial charge in [0.15, 0.2) is 0 Å². The molecule has 0 atom stereocenters. The molecule has 0 spiro atoms. The van der Waals surface area contributed by atoms with E-state index in [0.717, 1.165) is 14.8 Å². The molecule has 4 heteroatoms. The summed E-state index contributed by atoms with van der Waals surface area (Å²) in [5.74, 6) is -0.142. The summed E-state index contributed by atoms with van der Waals surface area (Å²) in [5.41, 5.74) is 2.06. The zero-order valence-corrected chi connectivity index (χ0v) is 13.9. The van der Waals surface area contributed by atoms with Crippen molar-refractivity contribution in [1.82, 2.24) is 0 Å². The molecular formula is C16H13ClINO. The fraction of sp³-hybridized carbons (Fsp3) is 0.0625. The van der Waals surface area contributed by atoms with Crippen LogP contribution in [0, 0.1) is 3.57 Å². The first-order valence-corrected chi connectivity index (χ1v) is 7.44. The number of halogens is 2. The summed E-state index contributed by atoms with van der Waals surface area (Å²) >= 11 is 8.18. The highest BCUT2D eigenvalue weighted by molar-refractivity contribution is 14.1. The topological polar surface area (TPSA) is 20.3 Å². The van der Waals surface area contributed by atoms with Crippen molar-refractivity contribution in [3.8, 4) is 0 Å². The van der Waals surface area contributed by atoms with Crippen LogP contribution < -0.4 is 4.90 Å². The molecule has 0 aromatic heterocycles. The van der Waals surface area contributed by atoms with Crippen LogP contribution >= 0.6 is 34.2 Å². The standard InChI is InChI=1S/C16H13ClINO/c1-11(12-6-4-3-5-7-12)16(20)19(2)15-10-13(17)8-9-14(15)18/h3-10H,1H2,2H3. The van der Waals surface area contributed by atoms with Gasteiger partial charge >= 0.3 is 0 Å². The number of nitrogens with zero attached hydrogens (tertiary/aromatic N) is 1. The molecule has 2 aromatic carbocycles. The highest BCUT2D eigenvalue weighted by Crippen LogP contribution is 2.27. The molecule has 0 aliphatic carbocycles. The van der Waals surface area contributed by atoms with E-state index in [9.17, 15) is 4.79 Å². The van der Waals surface area contributed by atoms with Crippen molar-refractivity contribution in [3.63, 3.8) is 0 Å². The van der Waals surface area contributed by atoms with Crippen molar-refractivity contribution in [2.24, 2.45) is 0 Å². The summed E-state index contributed by atoms with van der Waals surface area (Å²) in [6.45, 7) is 3.90. The van der Waals surface area contributed by atoms with Crippen molar-refractivity contribution >= 4 is 51.4 Å². The molecule has 0 fully saturated rings. The second kappa shape index (κ2) is 6.41. The molecule has 0 N–H and O–H groups in total. The molecule has 1 amide bonds. The maximum atomic E-state index is 12.5. The predicted molar refractivity (Wildman–Crippen MR) is 93.1 cm³/mol. The molecule has 0 aliphatic heterocycles. The second-order valence-electron chi connectivity index (χ2n) is 4.30. The van der Waals surface area contributed by atoms with Crippen LogP contribution in [0.5, 0.6) is 0 Å². The lowest BCUT2D eigenvalue weighted by Gasteiger charge is -2.20. The maximum Gasteiger partial charge on any atom is 0.258 e. The van der Waals surface area contributed by atoms with Gasteiger partial charge in [-0.25, -0.2) is 0 Å². The molecule has 0 heterocycles. The molecule has 102 valence electrons. The van der Waals surface area contributed by atoms with E-state index in [1.807, 2.05) is 36.4 Å². The number of hydrogen-bond donors (Lipinski definition) is 0. The zero-order chi connectivity index (χ0) is 14.7. The Hall–Kier alpha value is -1.33. The van der Waals surface area contributed by atoms with Crippen LogP contribution in [0.3, 0.4) is 0 Å². The van der Waals surface area contributed by atoms with Crippen LogP contribution in [0.2, 0.25) is 5.02 Å². The van der Waals surface area contributed by atoms with Crippen LogP contribution in [0.1, 0.15) is 5.56 Å². The third-order valence-electron chi connectivity index (χ3n) is 2.95. The monoisotopic (exact) mass is 397 g/mol. The number of likely N-dealkylation sites (N-methyl/N-ethyl adjacent to an activating group) is 1. The van der Waals surface area contributed by atoms with Gasteiger partial charge in [-0.1, -0.05) is 48.5 Å². The molecular weight excluding hydrogens is 385 g/mol. The number of rotatable bonds is 3. The van der Waals surface area contributed by atoms with E-state index >= 15 is 0 Å². The van der Waals surface area contributed by atoms with Crippen molar-refractivity contribution in [2.75, 3.05) is 11.9 Å². The number of carbonyl (C=O) groups excluding carboxylic acids is 1. The van der Waals surface area contributed by atoms with Gasteiger partial charge < -0.3 is 4.90 Å². The van der Waals surface area contributed by atoms with E-state index in [-0.39, 0.29) is 5.91 Å². The number of hydrogen-bond acceptors (Lipinski definition) is 1. The molecule has 2 rings (SSSR count). The summed E-state index contributed by atoms with van der Waals surface area (Å²) in [6, 6.07) is 14.9. The van der Waals surface area contributed by atoms with Gasteiger partial charge in [0.1, 0.15) is 0 Å². The van der Waals surface area contributed by atoms with E-state index in [0.29, 0.717) is 10.6 Å². The van der Waals surface area contributed by atoms with Gasteiger partial charge in [-0.05, 0) is 46.4 Å². The highest BCUT2D eigenvalue weighted by atomic mass is 127. The van der Waals surface area contributed by atoms with Crippen molar-refractivity contribution in [1.29, 1.82) is 0 Å². The summed E-state index contributed by atoms with van der Waals surface area (Å²) < 4.78 is 0.962. The molecule has 0 unspecified atom stereocenters. The van der Waals surface area contributed by atoms with Gasteiger partial charge in [-0.3, -0.25) is 4.79 Å². The third kappa shape index (κ3) is 3.22. The summed E-state index contributed by atoms with van der Waals surface area (Å²) in [4.78, 5) is 14.1. The SMILES string of the molecule is C=C(C(=O)N(C)c1cc(Cl)ccc1I)c1ccccc1. The Morgan fingerprint density at radius 1 is 1.20 bits per heavy atom. The fourth-order valence-corrected chi connectivity index (χ4v) is 2.68.